The number of nitrogens with one attached hydrogen (secondary N) is 1. The molecule has 2 aromatic rings. The van der Waals surface area contributed by atoms with Gasteiger partial charge in [0.25, 0.3) is 5.91 Å². The van der Waals surface area contributed by atoms with Gasteiger partial charge in [0, 0.05) is 18.7 Å². The summed E-state index contributed by atoms with van der Waals surface area (Å²) in [5, 5.41) is 7.17. The highest BCUT2D eigenvalue weighted by Crippen LogP contribution is 2.23. The fourth-order valence-corrected chi connectivity index (χ4v) is 3.61. The number of carbonyl (C=O) groups excluding carboxylic acids is 1. The fourth-order valence-electron chi connectivity index (χ4n) is 2.94. The summed E-state index contributed by atoms with van der Waals surface area (Å²) in [6, 6.07) is 9.90. The van der Waals surface area contributed by atoms with Gasteiger partial charge in [-0.2, -0.15) is 11.3 Å². The first kappa shape index (κ1) is 16.2. The largest absolute Gasteiger partial charge is 0.378 e. The summed E-state index contributed by atoms with van der Waals surface area (Å²) in [4.78, 5) is 12.3. The number of hydrogen-bond donors (Lipinski definition) is 1. The topological polar surface area (TPSA) is 38.3 Å². The van der Waals surface area contributed by atoms with Gasteiger partial charge in [-0.3, -0.25) is 4.79 Å². The molecule has 1 N–H and O–H groups in total. The molecule has 0 spiro atoms. The molecule has 0 unspecified atom stereocenters. The second-order valence-corrected chi connectivity index (χ2v) is 6.76. The summed E-state index contributed by atoms with van der Waals surface area (Å²) in [5.74, 6) is 0.0131. The van der Waals surface area contributed by atoms with Crippen molar-refractivity contribution in [2.75, 3.05) is 13.2 Å². The molecule has 3 rings (SSSR count). The molecule has 1 amide bonds. The average Bonchev–Trinajstić information content (AvgIpc) is 3.28. The van der Waals surface area contributed by atoms with E-state index in [1.807, 2.05) is 24.3 Å². The molecule has 1 aliphatic heterocycles. The minimum Gasteiger partial charge on any atom is -0.378 e. The maximum Gasteiger partial charge on any atom is 0.251 e. The summed E-state index contributed by atoms with van der Waals surface area (Å²) >= 11 is 1.67. The zero-order chi connectivity index (χ0) is 15.9. The average molecular weight is 329 g/mol. The lowest BCUT2D eigenvalue weighted by Gasteiger charge is -2.09. The quantitative estimate of drug-likeness (QED) is 0.760. The van der Waals surface area contributed by atoms with Crippen LogP contribution in [-0.2, 0) is 4.74 Å². The van der Waals surface area contributed by atoms with Gasteiger partial charge in [0.15, 0.2) is 0 Å². The number of hydrogen-bond acceptors (Lipinski definition) is 3. The van der Waals surface area contributed by atoms with Gasteiger partial charge in [0.05, 0.1) is 6.10 Å². The molecule has 0 bridgehead atoms. The Bertz CT molecular complexity index is 618. The van der Waals surface area contributed by atoms with Gasteiger partial charge < -0.3 is 10.1 Å². The molecule has 3 nitrogen and oxygen atoms in total. The Morgan fingerprint density at radius 2 is 2.22 bits per heavy atom. The monoisotopic (exact) mass is 329 g/mol. The lowest BCUT2D eigenvalue weighted by Crippen LogP contribution is -2.24. The van der Waals surface area contributed by atoms with Crippen molar-refractivity contribution in [3.63, 3.8) is 0 Å². The van der Waals surface area contributed by atoms with Crippen LogP contribution in [0.5, 0.6) is 0 Å². The van der Waals surface area contributed by atoms with Crippen LogP contribution in [0.25, 0.3) is 11.1 Å². The molecule has 1 aliphatic rings. The van der Waals surface area contributed by atoms with E-state index in [0.29, 0.717) is 6.10 Å². The molecule has 4 heteroatoms. The highest BCUT2D eigenvalue weighted by molar-refractivity contribution is 7.08. The Hall–Kier alpha value is -1.65. The van der Waals surface area contributed by atoms with Gasteiger partial charge in [0.1, 0.15) is 0 Å². The molecule has 1 aromatic carbocycles. The third-order valence-electron chi connectivity index (χ3n) is 4.24. The summed E-state index contributed by atoms with van der Waals surface area (Å²) in [6.45, 7) is 1.65. The second-order valence-electron chi connectivity index (χ2n) is 5.98. The van der Waals surface area contributed by atoms with E-state index >= 15 is 0 Å². The van der Waals surface area contributed by atoms with Gasteiger partial charge in [-0.1, -0.05) is 12.1 Å². The van der Waals surface area contributed by atoms with Crippen LogP contribution < -0.4 is 5.32 Å². The molecule has 0 saturated carbocycles. The van der Waals surface area contributed by atoms with E-state index in [2.05, 4.69) is 22.1 Å². The van der Waals surface area contributed by atoms with Gasteiger partial charge in [-0.15, -0.1) is 0 Å². The zero-order valence-electron chi connectivity index (χ0n) is 13.3. The molecule has 1 saturated heterocycles. The van der Waals surface area contributed by atoms with Crippen LogP contribution in [0.3, 0.4) is 0 Å². The van der Waals surface area contributed by atoms with Crippen molar-refractivity contribution >= 4 is 17.2 Å². The number of rotatable bonds is 7. The predicted octanol–water partition coefficient (Wildman–Crippen LogP) is 4.49. The Morgan fingerprint density at radius 3 is 3.00 bits per heavy atom. The van der Waals surface area contributed by atoms with E-state index in [-0.39, 0.29) is 5.91 Å². The number of thiophene rings is 1. The van der Waals surface area contributed by atoms with E-state index in [9.17, 15) is 4.79 Å². The van der Waals surface area contributed by atoms with E-state index in [4.69, 9.17) is 4.74 Å². The van der Waals surface area contributed by atoms with Crippen LogP contribution in [0.1, 0.15) is 42.5 Å². The van der Waals surface area contributed by atoms with E-state index < -0.39 is 0 Å². The number of ether oxygens (including phenoxy) is 1. The van der Waals surface area contributed by atoms with Crippen molar-refractivity contribution in [2.24, 2.45) is 0 Å². The SMILES string of the molecule is O=C(NCCCC[C@@H]1CCCO1)c1cccc(-c2ccsc2)c1. The molecule has 1 aromatic heterocycles. The first-order valence-corrected chi connectivity index (χ1v) is 9.29. The van der Waals surface area contributed by atoms with Crippen LogP contribution in [0.4, 0.5) is 0 Å². The normalized spacial score (nSPS) is 17.3. The Morgan fingerprint density at radius 1 is 1.26 bits per heavy atom. The number of unbranched alkanes of at least 4 members (excludes halogenated alkanes) is 1. The third-order valence-corrected chi connectivity index (χ3v) is 4.92. The zero-order valence-corrected chi connectivity index (χ0v) is 14.1. The molecule has 2 heterocycles. The van der Waals surface area contributed by atoms with Crippen LogP contribution in [0.15, 0.2) is 41.1 Å². The molecule has 122 valence electrons. The Kier molecular flexibility index (Phi) is 5.83. The van der Waals surface area contributed by atoms with Crippen molar-refractivity contribution in [3.8, 4) is 11.1 Å². The van der Waals surface area contributed by atoms with Gasteiger partial charge in [-0.05, 0) is 72.2 Å². The lowest BCUT2D eigenvalue weighted by atomic mass is 10.1. The minimum absolute atomic E-state index is 0.0131. The van der Waals surface area contributed by atoms with E-state index in [0.717, 1.165) is 43.5 Å². The highest BCUT2D eigenvalue weighted by atomic mass is 32.1. The van der Waals surface area contributed by atoms with Crippen molar-refractivity contribution in [3.05, 3.63) is 46.7 Å². The summed E-state index contributed by atoms with van der Waals surface area (Å²) < 4.78 is 5.61. The van der Waals surface area contributed by atoms with Crippen molar-refractivity contribution < 1.29 is 9.53 Å². The molecular formula is C19H23NO2S. The van der Waals surface area contributed by atoms with Crippen LogP contribution >= 0.6 is 11.3 Å². The maximum atomic E-state index is 12.3. The van der Waals surface area contributed by atoms with Crippen LogP contribution in [0, 0.1) is 0 Å². The van der Waals surface area contributed by atoms with Crippen molar-refractivity contribution in [1.29, 1.82) is 0 Å². The molecular weight excluding hydrogens is 306 g/mol. The molecule has 1 fully saturated rings. The fraction of sp³-hybridized carbons (Fsp3) is 0.421. The predicted molar refractivity (Wildman–Crippen MR) is 94.9 cm³/mol. The summed E-state index contributed by atoms with van der Waals surface area (Å²) in [6.07, 6.45) is 6.08. The molecule has 0 radical (unpaired) electrons. The second kappa shape index (κ2) is 8.27. The lowest BCUT2D eigenvalue weighted by molar-refractivity contribution is 0.0947. The highest BCUT2D eigenvalue weighted by Gasteiger charge is 2.14. The maximum absolute atomic E-state index is 12.3. The molecule has 0 aliphatic carbocycles. The number of carbonyl (C=O) groups is 1. The minimum atomic E-state index is 0.0131. The van der Waals surface area contributed by atoms with Crippen molar-refractivity contribution in [2.45, 2.75) is 38.2 Å². The Balaban J connectivity index is 1.44. The van der Waals surface area contributed by atoms with Gasteiger partial charge >= 0.3 is 0 Å². The van der Waals surface area contributed by atoms with Crippen LogP contribution in [-0.4, -0.2) is 25.2 Å². The first-order valence-electron chi connectivity index (χ1n) is 8.35. The van der Waals surface area contributed by atoms with Gasteiger partial charge in [0.2, 0.25) is 0 Å². The number of benzene rings is 1. The standard InChI is InChI=1S/C19H23NO2S/c21-19(20-10-2-1-7-18-8-4-11-22-18)16-6-3-5-15(13-16)17-9-12-23-14-17/h3,5-6,9,12-14,18H,1-2,4,7-8,10-11H2,(H,20,21)/t18-/m1/s1. The van der Waals surface area contributed by atoms with Crippen molar-refractivity contribution in [1.82, 2.24) is 5.32 Å². The molecule has 1 atom stereocenters. The smallest absolute Gasteiger partial charge is 0.251 e. The third kappa shape index (κ3) is 4.66. The summed E-state index contributed by atoms with van der Waals surface area (Å²) in [7, 11) is 0. The van der Waals surface area contributed by atoms with Gasteiger partial charge in [-0.25, -0.2) is 0 Å². The van der Waals surface area contributed by atoms with E-state index in [1.54, 1.807) is 11.3 Å². The molecule has 23 heavy (non-hydrogen) atoms. The number of amides is 1. The summed E-state index contributed by atoms with van der Waals surface area (Å²) in [5.41, 5.74) is 2.99. The van der Waals surface area contributed by atoms with Crippen LogP contribution in [0.2, 0.25) is 0 Å². The Labute approximate surface area is 141 Å². The first-order chi connectivity index (χ1) is 11.3. The van der Waals surface area contributed by atoms with E-state index in [1.165, 1.54) is 18.4 Å².